The number of carbonyl (C=O) groups excluding carboxylic acids is 1. The third-order valence-corrected chi connectivity index (χ3v) is 5.62. The van der Waals surface area contributed by atoms with Crippen LogP contribution in [0.2, 0.25) is 0 Å². The van der Waals surface area contributed by atoms with Gasteiger partial charge in [-0.3, -0.25) is 9.36 Å². The molecule has 1 N–H and O–H groups in total. The maximum absolute atomic E-state index is 12.6. The first-order valence-electron chi connectivity index (χ1n) is 11.2. The molecule has 3 aromatic rings. The van der Waals surface area contributed by atoms with Crippen molar-refractivity contribution in [1.82, 2.24) is 24.8 Å². The Kier molecular flexibility index (Phi) is 6.99. The predicted molar refractivity (Wildman–Crippen MR) is 123 cm³/mol. The van der Waals surface area contributed by atoms with E-state index in [2.05, 4.69) is 20.2 Å². The van der Waals surface area contributed by atoms with Crippen LogP contribution >= 0.6 is 0 Å². The zero-order valence-corrected chi connectivity index (χ0v) is 18.7. The summed E-state index contributed by atoms with van der Waals surface area (Å²) < 4.78 is 7.51. The monoisotopic (exact) mass is 434 g/mol. The van der Waals surface area contributed by atoms with Crippen LogP contribution in [0.4, 0.5) is 5.82 Å². The lowest BCUT2D eigenvalue weighted by Crippen LogP contribution is -2.43. The molecule has 0 radical (unpaired) electrons. The van der Waals surface area contributed by atoms with Crippen molar-refractivity contribution >= 4 is 11.7 Å². The highest BCUT2D eigenvalue weighted by Crippen LogP contribution is 2.26. The van der Waals surface area contributed by atoms with Crippen molar-refractivity contribution in [2.24, 2.45) is 0 Å². The molecule has 1 unspecified atom stereocenters. The van der Waals surface area contributed by atoms with E-state index in [-0.39, 0.29) is 11.9 Å². The van der Waals surface area contributed by atoms with Crippen molar-refractivity contribution in [1.29, 1.82) is 0 Å². The van der Waals surface area contributed by atoms with Crippen LogP contribution in [0.3, 0.4) is 0 Å². The third-order valence-electron chi connectivity index (χ3n) is 5.62. The number of aryl methyl sites for hydroxylation is 2. The first kappa shape index (κ1) is 21.8. The van der Waals surface area contributed by atoms with Crippen LogP contribution in [0.5, 0.6) is 5.75 Å². The summed E-state index contributed by atoms with van der Waals surface area (Å²) in [6.45, 7) is 5.82. The van der Waals surface area contributed by atoms with Crippen molar-refractivity contribution in [2.75, 3.05) is 24.6 Å². The number of hydrogen-bond acceptors (Lipinski definition) is 6. The Hall–Kier alpha value is -3.42. The van der Waals surface area contributed by atoms with Crippen molar-refractivity contribution in [3.05, 3.63) is 60.3 Å². The Balaban J connectivity index is 1.34. The topological polar surface area (TPSA) is 85.2 Å². The van der Waals surface area contributed by atoms with E-state index in [1.807, 2.05) is 50.4 Å². The van der Waals surface area contributed by atoms with Crippen LogP contribution in [0, 0.1) is 13.8 Å². The number of benzene rings is 1. The average Bonchev–Trinajstić information content (AvgIpc) is 3.33. The van der Waals surface area contributed by atoms with Crippen LogP contribution in [0.25, 0.3) is 5.95 Å². The molecule has 4 rings (SSSR count). The SMILES string of the molecule is Cc1ccc(OCCNC(=O)CC2CCCCN2c2cc(C)nc(-n3ccnc3)n2)cc1. The number of aromatic nitrogens is 4. The van der Waals surface area contributed by atoms with Gasteiger partial charge in [-0.05, 0) is 45.2 Å². The normalized spacial score (nSPS) is 16.1. The molecule has 0 aliphatic carbocycles. The standard InChI is InChI=1S/C24H30N6O2/c1-18-6-8-21(9-7-18)32-14-11-26-23(31)16-20-5-3-4-12-30(20)22-15-19(2)27-24(28-22)29-13-10-25-17-29/h6-10,13,15,17,20H,3-5,11-12,14,16H2,1-2H3,(H,26,31). The number of amides is 1. The van der Waals surface area contributed by atoms with Gasteiger partial charge < -0.3 is 15.0 Å². The Bertz CT molecular complexity index is 1020. The minimum atomic E-state index is 0.0371. The molecule has 32 heavy (non-hydrogen) atoms. The summed E-state index contributed by atoms with van der Waals surface area (Å²) in [7, 11) is 0. The second-order valence-electron chi connectivity index (χ2n) is 8.20. The van der Waals surface area contributed by atoms with Gasteiger partial charge in [0.15, 0.2) is 0 Å². The van der Waals surface area contributed by atoms with E-state index in [1.165, 1.54) is 5.56 Å². The van der Waals surface area contributed by atoms with Gasteiger partial charge in [0.05, 0.1) is 6.54 Å². The van der Waals surface area contributed by atoms with E-state index < -0.39 is 0 Å². The summed E-state index contributed by atoms with van der Waals surface area (Å²) in [6.07, 6.45) is 8.85. The molecular formula is C24H30N6O2. The van der Waals surface area contributed by atoms with Gasteiger partial charge in [-0.2, -0.15) is 4.98 Å². The molecule has 3 heterocycles. The molecule has 8 nitrogen and oxygen atoms in total. The quantitative estimate of drug-likeness (QED) is 0.548. The number of nitrogens with zero attached hydrogens (tertiary/aromatic N) is 5. The molecule has 1 amide bonds. The molecule has 1 aromatic carbocycles. The summed E-state index contributed by atoms with van der Waals surface area (Å²) in [5.41, 5.74) is 2.08. The van der Waals surface area contributed by atoms with Gasteiger partial charge >= 0.3 is 0 Å². The van der Waals surface area contributed by atoms with Crippen LogP contribution < -0.4 is 15.0 Å². The first-order valence-corrected chi connectivity index (χ1v) is 11.2. The molecule has 168 valence electrons. The number of anilines is 1. The molecule has 1 saturated heterocycles. The molecule has 1 fully saturated rings. The van der Waals surface area contributed by atoms with Crippen molar-refractivity contribution in [3.63, 3.8) is 0 Å². The van der Waals surface area contributed by atoms with Gasteiger partial charge in [-0.25, -0.2) is 9.97 Å². The first-order chi connectivity index (χ1) is 15.6. The molecule has 0 saturated carbocycles. The van der Waals surface area contributed by atoms with Gasteiger partial charge in [0.25, 0.3) is 0 Å². The number of nitrogens with one attached hydrogen (secondary N) is 1. The smallest absolute Gasteiger partial charge is 0.237 e. The van der Waals surface area contributed by atoms with E-state index >= 15 is 0 Å². The minimum absolute atomic E-state index is 0.0371. The minimum Gasteiger partial charge on any atom is -0.492 e. The van der Waals surface area contributed by atoms with Crippen molar-refractivity contribution < 1.29 is 9.53 Å². The maximum atomic E-state index is 12.6. The number of imidazole rings is 1. The van der Waals surface area contributed by atoms with Crippen LogP contribution in [-0.4, -0.2) is 51.2 Å². The molecule has 1 atom stereocenters. The number of carbonyl (C=O) groups is 1. The molecule has 2 aromatic heterocycles. The zero-order valence-electron chi connectivity index (χ0n) is 18.7. The predicted octanol–water partition coefficient (Wildman–Crippen LogP) is 3.22. The fourth-order valence-corrected chi connectivity index (χ4v) is 3.97. The number of rotatable bonds is 8. The Labute approximate surface area is 188 Å². The highest BCUT2D eigenvalue weighted by atomic mass is 16.5. The van der Waals surface area contributed by atoms with E-state index in [4.69, 9.17) is 9.72 Å². The second-order valence-corrected chi connectivity index (χ2v) is 8.20. The lowest BCUT2D eigenvalue weighted by Gasteiger charge is -2.36. The highest BCUT2D eigenvalue weighted by molar-refractivity contribution is 5.77. The Morgan fingerprint density at radius 1 is 1.19 bits per heavy atom. The summed E-state index contributed by atoms with van der Waals surface area (Å²) in [4.78, 5) is 28.3. The van der Waals surface area contributed by atoms with Crippen LogP contribution in [0.15, 0.2) is 49.1 Å². The van der Waals surface area contributed by atoms with Crippen LogP contribution in [-0.2, 0) is 4.79 Å². The second kappa shape index (κ2) is 10.3. The summed E-state index contributed by atoms with van der Waals surface area (Å²) in [5, 5.41) is 2.99. The number of ether oxygens (including phenoxy) is 1. The lowest BCUT2D eigenvalue weighted by molar-refractivity contribution is -0.121. The van der Waals surface area contributed by atoms with Gasteiger partial charge in [0, 0.05) is 43.2 Å². The highest BCUT2D eigenvalue weighted by Gasteiger charge is 2.26. The van der Waals surface area contributed by atoms with Gasteiger partial charge in [0.2, 0.25) is 11.9 Å². The number of piperidine rings is 1. The summed E-state index contributed by atoms with van der Waals surface area (Å²) in [5.74, 6) is 2.31. The fraction of sp³-hybridized carbons (Fsp3) is 0.417. The molecule has 1 aliphatic heterocycles. The van der Waals surface area contributed by atoms with Gasteiger partial charge in [-0.15, -0.1) is 0 Å². The van der Waals surface area contributed by atoms with E-state index in [0.717, 1.165) is 43.1 Å². The van der Waals surface area contributed by atoms with Gasteiger partial charge in [0.1, 0.15) is 24.5 Å². The van der Waals surface area contributed by atoms with Crippen molar-refractivity contribution in [3.8, 4) is 11.7 Å². The molecule has 1 aliphatic rings. The lowest BCUT2D eigenvalue weighted by atomic mass is 9.99. The van der Waals surface area contributed by atoms with E-state index in [9.17, 15) is 4.79 Å². The summed E-state index contributed by atoms with van der Waals surface area (Å²) in [6, 6.07) is 10.0. The Morgan fingerprint density at radius 2 is 2.03 bits per heavy atom. The maximum Gasteiger partial charge on any atom is 0.237 e. The summed E-state index contributed by atoms with van der Waals surface area (Å²) >= 11 is 0. The zero-order chi connectivity index (χ0) is 22.3. The van der Waals surface area contributed by atoms with E-state index in [0.29, 0.717) is 25.5 Å². The van der Waals surface area contributed by atoms with Crippen molar-refractivity contribution in [2.45, 2.75) is 45.6 Å². The Morgan fingerprint density at radius 3 is 2.81 bits per heavy atom. The van der Waals surface area contributed by atoms with Gasteiger partial charge in [-0.1, -0.05) is 17.7 Å². The molecule has 0 spiro atoms. The molecule has 0 bridgehead atoms. The van der Waals surface area contributed by atoms with E-state index in [1.54, 1.807) is 17.1 Å². The molecular weight excluding hydrogens is 404 g/mol. The molecule has 8 heteroatoms. The number of hydrogen-bond donors (Lipinski definition) is 1. The largest absolute Gasteiger partial charge is 0.492 e. The average molecular weight is 435 g/mol. The van der Waals surface area contributed by atoms with Crippen LogP contribution in [0.1, 0.15) is 36.9 Å². The third kappa shape index (κ3) is 5.63. The fourth-order valence-electron chi connectivity index (χ4n) is 3.97.